The molecule has 2 aromatic carbocycles. The van der Waals surface area contributed by atoms with Crippen molar-refractivity contribution < 1.29 is 22.7 Å². The second-order valence-electron chi connectivity index (χ2n) is 8.39. The Morgan fingerprint density at radius 3 is 2.59 bits per heavy atom. The number of rotatable bonds is 7. The van der Waals surface area contributed by atoms with Gasteiger partial charge in [0, 0.05) is 24.9 Å². The summed E-state index contributed by atoms with van der Waals surface area (Å²) in [5.41, 5.74) is 0.896. The van der Waals surface area contributed by atoms with Crippen molar-refractivity contribution in [3.63, 3.8) is 0 Å². The third kappa shape index (κ3) is 4.09. The van der Waals surface area contributed by atoms with Gasteiger partial charge in [-0.2, -0.15) is 0 Å². The van der Waals surface area contributed by atoms with Crippen LogP contribution >= 0.6 is 0 Å². The molecule has 4 rings (SSSR count). The summed E-state index contributed by atoms with van der Waals surface area (Å²) in [4.78, 5) is 14.0. The molecule has 2 aliphatic rings. The Labute approximate surface area is 189 Å². The van der Waals surface area contributed by atoms with Crippen molar-refractivity contribution in [3.8, 4) is 11.5 Å². The number of amides is 1. The zero-order chi connectivity index (χ0) is 22.9. The van der Waals surface area contributed by atoms with E-state index in [4.69, 9.17) is 9.47 Å². The van der Waals surface area contributed by atoms with E-state index < -0.39 is 21.7 Å². The average molecular weight is 459 g/mol. The highest BCUT2D eigenvalue weighted by molar-refractivity contribution is 7.89. The van der Waals surface area contributed by atoms with E-state index in [0.29, 0.717) is 36.6 Å². The fourth-order valence-corrected chi connectivity index (χ4v) is 5.85. The lowest BCUT2D eigenvalue weighted by atomic mass is 9.84. The van der Waals surface area contributed by atoms with Gasteiger partial charge in [-0.3, -0.25) is 4.79 Å². The summed E-state index contributed by atoms with van der Waals surface area (Å²) >= 11 is 0. The molecule has 2 heterocycles. The van der Waals surface area contributed by atoms with Crippen LogP contribution < -0.4 is 19.1 Å². The minimum Gasteiger partial charge on any atom is -0.495 e. The number of benzene rings is 2. The first-order valence-electron chi connectivity index (χ1n) is 11.1. The molecule has 0 aliphatic carbocycles. The molecular weight excluding hydrogens is 428 g/mol. The summed E-state index contributed by atoms with van der Waals surface area (Å²) in [7, 11) is -2.35. The Balaban J connectivity index is 1.69. The van der Waals surface area contributed by atoms with E-state index in [-0.39, 0.29) is 10.8 Å². The zero-order valence-electron chi connectivity index (χ0n) is 18.8. The Hall–Kier alpha value is -2.58. The van der Waals surface area contributed by atoms with Gasteiger partial charge in [-0.15, -0.1) is 0 Å². The van der Waals surface area contributed by atoms with E-state index in [1.165, 1.54) is 19.2 Å². The van der Waals surface area contributed by atoms with Crippen molar-refractivity contribution in [3.05, 3.63) is 48.0 Å². The van der Waals surface area contributed by atoms with E-state index in [2.05, 4.69) is 18.6 Å². The molecular formula is C24H30N2O5S. The molecule has 8 heteroatoms. The van der Waals surface area contributed by atoms with Crippen LogP contribution in [0.3, 0.4) is 0 Å². The molecule has 1 saturated heterocycles. The number of fused-ring (bicyclic) bond motifs is 1. The fourth-order valence-electron chi connectivity index (χ4n) is 4.61. The van der Waals surface area contributed by atoms with Crippen molar-refractivity contribution >= 4 is 21.6 Å². The van der Waals surface area contributed by atoms with Gasteiger partial charge in [0.2, 0.25) is 15.9 Å². The molecule has 172 valence electrons. The third-order valence-electron chi connectivity index (χ3n) is 6.61. The van der Waals surface area contributed by atoms with Crippen LogP contribution in [0.2, 0.25) is 0 Å². The van der Waals surface area contributed by atoms with Crippen LogP contribution in [0.4, 0.5) is 5.69 Å². The lowest BCUT2D eigenvalue weighted by molar-refractivity contribution is -0.117. The van der Waals surface area contributed by atoms with Gasteiger partial charge in [0.15, 0.2) is 0 Å². The fraction of sp³-hybridized carbons (Fsp3) is 0.458. The minimum absolute atomic E-state index is 0.0279. The third-order valence-corrected chi connectivity index (χ3v) is 8.08. The van der Waals surface area contributed by atoms with Gasteiger partial charge in [0.05, 0.1) is 23.7 Å². The summed E-state index contributed by atoms with van der Waals surface area (Å²) in [6.45, 7) is 4.67. The molecule has 0 saturated carbocycles. The molecule has 0 unspecified atom stereocenters. The van der Waals surface area contributed by atoms with Crippen molar-refractivity contribution in [1.29, 1.82) is 0 Å². The first-order chi connectivity index (χ1) is 15.3. The molecule has 1 N–H and O–H groups in total. The van der Waals surface area contributed by atoms with Crippen LogP contribution in [0, 0.1) is 0 Å². The second kappa shape index (κ2) is 8.75. The van der Waals surface area contributed by atoms with Crippen molar-refractivity contribution in [2.45, 2.75) is 62.5 Å². The molecule has 0 radical (unpaired) electrons. The zero-order valence-corrected chi connectivity index (χ0v) is 19.6. The summed E-state index contributed by atoms with van der Waals surface area (Å²) in [6.07, 6.45) is 3.29. The van der Waals surface area contributed by atoms with Gasteiger partial charge in [-0.1, -0.05) is 32.0 Å². The van der Waals surface area contributed by atoms with E-state index in [1.807, 2.05) is 24.3 Å². The maximum Gasteiger partial charge on any atom is 0.241 e. The molecule has 32 heavy (non-hydrogen) atoms. The van der Waals surface area contributed by atoms with Gasteiger partial charge >= 0.3 is 0 Å². The second-order valence-corrected chi connectivity index (χ2v) is 10.1. The van der Waals surface area contributed by atoms with E-state index in [0.717, 1.165) is 24.8 Å². The van der Waals surface area contributed by atoms with Crippen LogP contribution in [0.1, 0.15) is 57.6 Å². The Morgan fingerprint density at radius 2 is 1.94 bits per heavy atom. The van der Waals surface area contributed by atoms with Crippen molar-refractivity contribution in [1.82, 2.24) is 4.72 Å². The van der Waals surface area contributed by atoms with Crippen LogP contribution in [0.15, 0.2) is 47.4 Å². The summed E-state index contributed by atoms with van der Waals surface area (Å²) in [5.74, 6) is 1.17. The van der Waals surface area contributed by atoms with Gasteiger partial charge in [0.1, 0.15) is 17.1 Å². The lowest BCUT2D eigenvalue weighted by Crippen LogP contribution is -2.44. The number of sulfonamides is 1. The highest BCUT2D eigenvalue weighted by Crippen LogP contribution is 2.43. The van der Waals surface area contributed by atoms with E-state index >= 15 is 0 Å². The molecule has 0 bridgehead atoms. The number of anilines is 1. The number of hydrogen-bond donors (Lipinski definition) is 1. The number of ether oxygens (including phenoxy) is 2. The average Bonchev–Trinajstić information content (AvgIpc) is 3.23. The highest BCUT2D eigenvalue weighted by atomic mass is 32.2. The smallest absolute Gasteiger partial charge is 0.241 e. The van der Waals surface area contributed by atoms with Crippen LogP contribution in [0.5, 0.6) is 11.5 Å². The van der Waals surface area contributed by atoms with Gasteiger partial charge in [0.25, 0.3) is 0 Å². The predicted octanol–water partition coefficient (Wildman–Crippen LogP) is 4.18. The normalized spacial score (nSPS) is 20.0. The summed E-state index contributed by atoms with van der Waals surface area (Å²) in [5, 5.41) is 0. The van der Waals surface area contributed by atoms with E-state index in [1.54, 1.807) is 11.0 Å². The Kier molecular flexibility index (Phi) is 6.18. The van der Waals surface area contributed by atoms with Crippen molar-refractivity contribution in [2.75, 3.05) is 18.6 Å². The number of hydrogen-bond acceptors (Lipinski definition) is 5. The molecule has 0 aromatic heterocycles. The molecule has 1 fully saturated rings. The quantitative estimate of drug-likeness (QED) is 0.673. The Morgan fingerprint density at radius 1 is 1.19 bits per heavy atom. The molecule has 2 aliphatic heterocycles. The van der Waals surface area contributed by atoms with Crippen LogP contribution in [-0.2, 0) is 14.8 Å². The predicted molar refractivity (Wildman–Crippen MR) is 123 cm³/mol. The number of methoxy groups -OCH3 is 1. The molecule has 0 spiro atoms. The topological polar surface area (TPSA) is 84.9 Å². The SMILES string of the molecule is CCC1(CC)C[C@@H](NS(=O)(=O)c2ccc(OC)c(N3CCCC3=O)c2)c2ccccc2O1. The summed E-state index contributed by atoms with van der Waals surface area (Å²) < 4.78 is 41.5. The molecule has 7 nitrogen and oxygen atoms in total. The first-order valence-corrected chi connectivity index (χ1v) is 12.6. The number of nitrogens with zero attached hydrogens (tertiary/aromatic N) is 1. The Bertz CT molecular complexity index is 1110. The van der Waals surface area contributed by atoms with Gasteiger partial charge < -0.3 is 14.4 Å². The van der Waals surface area contributed by atoms with E-state index in [9.17, 15) is 13.2 Å². The number of nitrogens with one attached hydrogen (secondary N) is 1. The molecule has 1 amide bonds. The standard InChI is InChI=1S/C24H30N2O5S/c1-4-24(5-2)16-19(18-9-6-7-10-21(18)31-24)25-32(28,29)17-12-13-22(30-3)20(15-17)26-14-8-11-23(26)27/h6-7,9-10,12-13,15,19,25H,4-5,8,11,14,16H2,1-3H3/t19-/m1/s1. The highest BCUT2D eigenvalue weighted by Gasteiger charge is 2.40. The molecule has 1 atom stereocenters. The first kappa shape index (κ1) is 22.6. The maximum atomic E-state index is 13.4. The monoisotopic (exact) mass is 458 g/mol. The largest absolute Gasteiger partial charge is 0.495 e. The van der Waals surface area contributed by atoms with Gasteiger partial charge in [-0.05, 0) is 43.5 Å². The van der Waals surface area contributed by atoms with Crippen LogP contribution in [0.25, 0.3) is 0 Å². The number of para-hydroxylation sites is 1. The van der Waals surface area contributed by atoms with Gasteiger partial charge in [-0.25, -0.2) is 13.1 Å². The van der Waals surface area contributed by atoms with Crippen molar-refractivity contribution in [2.24, 2.45) is 0 Å². The maximum absolute atomic E-state index is 13.4. The molecule has 2 aromatic rings. The number of carbonyl (C=O) groups is 1. The number of carbonyl (C=O) groups excluding carboxylic acids is 1. The lowest BCUT2D eigenvalue weighted by Gasteiger charge is -2.41. The van der Waals surface area contributed by atoms with Crippen LogP contribution in [-0.4, -0.2) is 33.6 Å². The summed E-state index contributed by atoms with van der Waals surface area (Å²) in [6, 6.07) is 11.8. The minimum atomic E-state index is -3.86.